The van der Waals surface area contributed by atoms with Crippen molar-refractivity contribution >= 4 is 40.8 Å². The van der Waals surface area contributed by atoms with Gasteiger partial charge in [0.1, 0.15) is 0 Å². The van der Waals surface area contributed by atoms with Crippen LogP contribution < -0.4 is 10.7 Å². The smallest absolute Gasteiger partial charge is 0.191 e. The highest BCUT2D eigenvalue weighted by Gasteiger charge is 2.01. The molecule has 0 aliphatic rings. The van der Waals surface area contributed by atoms with Crippen molar-refractivity contribution in [2.75, 3.05) is 5.32 Å². The number of hydrogen-bond donors (Lipinski definition) is 2. The summed E-state index contributed by atoms with van der Waals surface area (Å²) in [6, 6.07) is 19.8. The fourth-order valence-electron chi connectivity index (χ4n) is 2.50. The summed E-state index contributed by atoms with van der Waals surface area (Å²) >= 11 is 11.2. The Kier molecular flexibility index (Phi) is 6.04. The Hall–Kier alpha value is -2.63. The summed E-state index contributed by atoms with van der Waals surface area (Å²) in [4.78, 5) is 0. The number of halogens is 1. The number of para-hydroxylation sites is 1. The molecule has 132 valence electrons. The number of aryl methyl sites for hydroxylation is 1. The van der Waals surface area contributed by atoms with E-state index in [1.807, 2.05) is 73.8 Å². The van der Waals surface area contributed by atoms with E-state index in [4.69, 9.17) is 23.8 Å². The van der Waals surface area contributed by atoms with Crippen LogP contribution in [0.1, 0.15) is 16.8 Å². The molecule has 4 nitrogen and oxygen atoms in total. The van der Waals surface area contributed by atoms with Crippen LogP contribution in [0.2, 0.25) is 5.02 Å². The molecule has 3 rings (SSSR count). The predicted octanol–water partition coefficient (Wildman–Crippen LogP) is 4.82. The highest BCUT2D eigenvalue weighted by molar-refractivity contribution is 7.80. The number of hydrogen-bond acceptors (Lipinski definition) is 2. The molecule has 0 radical (unpaired) electrons. The van der Waals surface area contributed by atoms with E-state index in [0.29, 0.717) is 5.11 Å². The summed E-state index contributed by atoms with van der Waals surface area (Å²) in [5.74, 6) is 0. The first kappa shape index (κ1) is 18.2. The maximum atomic E-state index is 5.94. The fourth-order valence-corrected chi connectivity index (χ4v) is 2.78. The monoisotopic (exact) mass is 382 g/mol. The van der Waals surface area contributed by atoms with Crippen molar-refractivity contribution < 1.29 is 0 Å². The standard InChI is InChI=1S/C20H19ClN4S/c1-15-5-2-3-7-19(15)23-20(26)24-22-13-18-6-4-12-25(18)14-16-8-10-17(21)11-9-16/h2-13H,14H2,1H3,(H2,23,24,26)/b22-13-. The second kappa shape index (κ2) is 8.65. The Bertz CT molecular complexity index is 916. The molecule has 0 bridgehead atoms. The van der Waals surface area contributed by atoms with Crippen LogP contribution in [0.3, 0.4) is 0 Å². The zero-order valence-corrected chi connectivity index (χ0v) is 15.9. The summed E-state index contributed by atoms with van der Waals surface area (Å²) in [5, 5.41) is 8.56. The first-order chi connectivity index (χ1) is 12.6. The molecule has 0 fully saturated rings. The molecule has 0 atom stereocenters. The van der Waals surface area contributed by atoms with E-state index >= 15 is 0 Å². The van der Waals surface area contributed by atoms with Gasteiger partial charge in [-0.1, -0.05) is 41.9 Å². The molecule has 2 aromatic carbocycles. The third-order valence-corrected chi connectivity index (χ3v) is 4.33. The lowest BCUT2D eigenvalue weighted by Gasteiger charge is -2.09. The molecule has 0 amide bonds. The van der Waals surface area contributed by atoms with E-state index in [2.05, 4.69) is 20.4 Å². The number of benzene rings is 2. The molecular formula is C20H19ClN4S. The van der Waals surface area contributed by atoms with Crippen LogP contribution in [0.15, 0.2) is 72.0 Å². The normalized spacial score (nSPS) is 10.8. The molecule has 0 saturated heterocycles. The first-order valence-corrected chi connectivity index (χ1v) is 8.96. The third-order valence-electron chi connectivity index (χ3n) is 3.89. The summed E-state index contributed by atoms with van der Waals surface area (Å²) in [7, 11) is 0. The Morgan fingerprint density at radius 1 is 1.12 bits per heavy atom. The van der Waals surface area contributed by atoms with E-state index in [9.17, 15) is 0 Å². The Morgan fingerprint density at radius 3 is 2.65 bits per heavy atom. The number of rotatable bonds is 5. The van der Waals surface area contributed by atoms with E-state index < -0.39 is 0 Å². The van der Waals surface area contributed by atoms with Crippen molar-refractivity contribution in [1.82, 2.24) is 9.99 Å². The molecular weight excluding hydrogens is 364 g/mol. The molecule has 1 aromatic heterocycles. The molecule has 0 saturated carbocycles. The van der Waals surface area contributed by atoms with Gasteiger partial charge in [0.2, 0.25) is 0 Å². The second-order valence-corrected chi connectivity index (χ2v) is 6.67. The second-order valence-electron chi connectivity index (χ2n) is 5.83. The number of thiocarbonyl (C=S) groups is 1. The van der Waals surface area contributed by atoms with Gasteiger partial charge in [-0.15, -0.1) is 0 Å². The number of nitrogens with one attached hydrogen (secondary N) is 2. The summed E-state index contributed by atoms with van der Waals surface area (Å²) in [5.41, 5.74) is 7.09. The zero-order valence-electron chi connectivity index (χ0n) is 14.3. The van der Waals surface area contributed by atoms with Crippen LogP contribution in [-0.2, 0) is 6.54 Å². The lowest BCUT2D eigenvalue weighted by molar-refractivity contribution is 0.799. The molecule has 1 heterocycles. The molecule has 0 aliphatic carbocycles. The Morgan fingerprint density at radius 2 is 1.88 bits per heavy atom. The zero-order chi connectivity index (χ0) is 18.4. The van der Waals surface area contributed by atoms with Crippen LogP contribution in [0, 0.1) is 6.92 Å². The minimum atomic E-state index is 0.450. The maximum absolute atomic E-state index is 5.94. The summed E-state index contributed by atoms with van der Waals surface area (Å²) in [6.07, 6.45) is 3.77. The van der Waals surface area contributed by atoms with E-state index in [1.54, 1.807) is 6.21 Å². The minimum absolute atomic E-state index is 0.450. The number of aromatic nitrogens is 1. The topological polar surface area (TPSA) is 41.4 Å². The third kappa shape index (κ3) is 4.94. The van der Waals surface area contributed by atoms with Crippen molar-refractivity contribution in [3.63, 3.8) is 0 Å². The van der Waals surface area contributed by atoms with Crippen molar-refractivity contribution in [3.05, 3.63) is 88.7 Å². The maximum Gasteiger partial charge on any atom is 0.191 e. The van der Waals surface area contributed by atoms with Gasteiger partial charge in [0.05, 0.1) is 11.9 Å². The van der Waals surface area contributed by atoms with Crippen LogP contribution in [0.4, 0.5) is 5.69 Å². The van der Waals surface area contributed by atoms with Crippen molar-refractivity contribution in [2.24, 2.45) is 5.10 Å². The molecule has 3 aromatic rings. The van der Waals surface area contributed by atoms with Gasteiger partial charge in [0.15, 0.2) is 5.11 Å². The number of nitrogens with zero attached hydrogens (tertiary/aromatic N) is 2. The molecule has 0 spiro atoms. The molecule has 0 aliphatic heterocycles. The molecule has 26 heavy (non-hydrogen) atoms. The average molecular weight is 383 g/mol. The SMILES string of the molecule is Cc1ccccc1NC(=S)N/N=C\c1cccn1Cc1ccc(Cl)cc1. The number of hydrazone groups is 1. The molecule has 2 N–H and O–H groups in total. The van der Waals surface area contributed by atoms with Crippen LogP contribution in [0.5, 0.6) is 0 Å². The molecule has 6 heteroatoms. The van der Waals surface area contributed by atoms with Crippen LogP contribution >= 0.6 is 23.8 Å². The average Bonchev–Trinajstić information content (AvgIpc) is 3.06. The lowest BCUT2D eigenvalue weighted by atomic mass is 10.2. The fraction of sp³-hybridized carbons (Fsp3) is 0.100. The van der Waals surface area contributed by atoms with Gasteiger partial charge in [0, 0.05) is 23.5 Å². The van der Waals surface area contributed by atoms with Crippen molar-refractivity contribution in [2.45, 2.75) is 13.5 Å². The summed E-state index contributed by atoms with van der Waals surface area (Å²) < 4.78 is 2.10. The van der Waals surface area contributed by atoms with Gasteiger partial charge in [-0.05, 0) is 60.6 Å². The quantitative estimate of drug-likeness (QED) is 0.377. The largest absolute Gasteiger partial charge is 0.342 e. The van der Waals surface area contributed by atoms with E-state index in [1.165, 1.54) is 5.56 Å². The highest BCUT2D eigenvalue weighted by atomic mass is 35.5. The minimum Gasteiger partial charge on any atom is -0.342 e. The lowest BCUT2D eigenvalue weighted by Crippen LogP contribution is -2.24. The number of anilines is 1. The highest BCUT2D eigenvalue weighted by Crippen LogP contribution is 2.13. The van der Waals surface area contributed by atoms with Gasteiger partial charge >= 0.3 is 0 Å². The first-order valence-electron chi connectivity index (χ1n) is 8.17. The predicted molar refractivity (Wildman–Crippen MR) is 113 cm³/mol. The van der Waals surface area contributed by atoms with Gasteiger partial charge < -0.3 is 9.88 Å². The van der Waals surface area contributed by atoms with Crippen molar-refractivity contribution in [3.8, 4) is 0 Å². The van der Waals surface area contributed by atoms with E-state index in [-0.39, 0.29) is 0 Å². The van der Waals surface area contributed by atoms with Gasteiger partial charge in [0.25, 0.3) is 0 Å². The Labute approximate surface area is 163 Å². The molecule has 0 unspecified atom stereocenters. The summed E-state index contributed by atoms with van der Waals surface area (Å²) in [6.45, 7) is 2.77. The van der Waals surface area contributed by atoms with Crippen molar-refractivity contribution in [1.29, 1.82) is 0 Å². The van der Waals surface area contributed by atoms with Gasteiger partial charge in [-0.2, -0.15) is 5.10 Å². The van der Waals surface area contributed by atoms with Crippen LogP contribution in [-0.4, -0.2) is 15.9 Å². The van der Waals surface area contributed by atoms with Gasteiger partial charge in [-0.25, -0.2) is 0 Å². The van der Waals surface area contributed by atoms with Gasteiger partial charge in [-0.3, -0.25) is 5.43 Å². The Balaban J connectivity index is 1.59. The van der Waals surface area contributed by atoms with E-state index in [0.717, 1.165) is 28.5 Å². The van der Waals surface area contributed by atoms with Crippen LogP contribution in [0.25, 0.3) is 0 Å².